The van der Waals surface area contributed by atoms with E-state index in [9.17, 15) is 14.4 Å². The van der Waals surface area contributed by atoms with Crippen molar-refractivity contribution in [3.63, 3.8) is 0 Å². The Morgan fingerprint density at radius 3 is 2.04 bits per heavy atom. The maximum absolute atomic E-state index is 11.9. The van der Waals surface area contributed by atoms with Crippen LogP contribution in [0.3, 0.4) is 0 Å². The van der Waals surface area contributed by atoms with Gasteiger partial charge in [-0.15, -0.1) is 0 Å². The number of methoxy groups -OCH3 is 3. The van der Waals surface area contributed by atoms with Crippen molar-refractivity contribution in [3.05, 3.63) is 35.9 Å². The fraction of sp³-hybridized carbons (Fsp3) is 0.438. The molecule has 0 saturated carbocycles. The molecule has 0 aromatic heterocycles. The Morgan fingerprint density at radius 1 is 0.958 bits per heavy atom. The van der Waals surface area contributed by atoms with Crippen molar-refractivity contribution in [3.8, 4) is 0 Å². The van der Waals surface area contributed by atoms with Gasteiger partial charge in [-0.3, -0.25) is 9.59 Å². The molecule has 1 N–H and O–H groups in total. The van der Waals surface area contributed by atoms with Crippen molar-refractivity contribution in [1.29, 1.82) is 0 Å². The van der Waals surface area contributed by atoms with Crippen LogP contribution in [0.2, 0.25) is 0 Å². The Morgan fingerprint density at radius 2 is 1.54 bits per heavy atom. The topological polar surface area (TPSA) is 100 Å². The predicted molar refractivity (Wildman–Crippen MR) is 82.9 cm³/mol. The molecule has 0 aliphatic carbocycles. The van der Waals surface area contributed by atoms with Crippen LogP contribution in [-0.2, 0) is 35.1 Å². The fourth-order valence-corrected chi connectivity index (χ4v) is 1.99. The zero-order valence-electron chi connectivity index (χ0n) is 13.8. The van der Waals surface area contributed by atoms with Gasteiger partial charge in [-0.25, -0.2) is 4.79 Å². The summed E-state index contributed by atoms with van der Waals surface area (Å²) in [5.74, 6) is -3.05. The number of ether oxygens (including phenoxy) is 4. The summed E-state index contributed by atoms with van der Waals surface area (Å²) in [5.41, 5.74) is 0.905. The third kappa shape index (κ3) is 5.88. The number of hydrogen-bond acceptors (Lipinski definition) is 7. The molecule has 0 aliphatic heterocycles. The van der Waals surface area contributed by atoms with Crippen LogP contribution in [0.1, 0.15) is 5.56 Å². The van der Waals surface area contributed by atoms with Crippen molar-refractivity contribution in [2.24, 2.45) is 5.92 Å². The SMILES string of the molecule is COC(=O)N[C@@H](COCc1ccccc1)C(C(=O)OC)C(=O)OC. The summed E-state index contributed by atoms with van der Waals surface area (Å²) in [6.45, 7) is 0.133. The lowest BCUT2D eigenvalue weighted by Gasteiger charge is -2.23. The zero-order chi connectivity index (χ0) is 17.9. The van der Waals surface area contributed by atoms with Crippen LogP contribution >= 0.6 is 0 Å². The molecule has 0 radical (unpaired) electrons. The minimum atomic E-state index is -1.37. The van der Waals surface area contributed by atoms with Crippen molar-refractivity contribution < 1.29 is 33.3 Å². The van der Waals surface area contributed by atoms with Crippen LogP contribution in [0.4, 0.5) is 4.79 Å². The highest BCUT2D eigenvalue weighted by Gasteiger charge is 2.38. The molecule has 0 bridgehead atoms. The Hall–Kier alpha value is -2.61. The van der Waals surface area contributed by atoms with Crippen molar-refractivity contribution in [2.45, 2.75) is 12.6 Å². The molecular weight excluding hydrogens is 318 g/mol. The van der Waals surface area contributed by atoms with E-state index < -0.39 is 30.0 Å². The first kappa shape index (κ1) is 19.4. The maximum atomic E-state index is 11.9. The summed E-state index contributed by atoms with van der Waals surface area (Å²) in [7, 11) is 3.44. The van der Waals surface area contributed by atoms with E-state index in [1.54, 1.807) is 0 Å². The highest BCUT2D eigenvalue weighted by molar-refractivity contribution is 5.96. The highest BCUT2D eigenvalue weighted by atomic mass is 16.6. The standard InChI is InChI=1S/C16H21NO7/c1-21-14(18)13(15(19)22-2)12(17-16(20)23-3)10-24-9-11-7-5-4-6-8-11/h4-8,12-13H,9-10H2,1-3H3,(H,17,20)/t12-/m0/s1. The molecule has 1 amide bonds. The number of hydrogen-bond donors (Lipinski definition) is 1. The number of nitrogens with one attached hydrogen (secondary N) is 1. The normalized spacial score (nSPS) is 11.5. The Labute approximate surface area is 140 Å². The molecule has 0 unspecified atom stereocenters. The molecule has 1 aromatic rings. The van der Waals surface area contributed by atoms with E-state index >= 15 is 0 Å². The molecule has 0 aliphatic rings. The summed E-state index contributed by atoms with van der Waals surface area (Å²) in [6.07, 6.45) is -0.805. The third-order valence-electron chi connectivity index (χ3n) is 3.21. The van der Waals surface area contributed by atoms with Gasteiger partial charge in [0.15, 0.2) is 5.92 Å². The van der Waals surface area contributed by atoms with Crippen LogP contribution in [0.25, 0.3) is 0 Å². The number of esters is 2. The predicted octanol–water partition coefficient (Wildman–Crippen LogP) is 0.890. The quantitative estimate of drug-likeness (QED) is 0.426. The van der Waals surface area contributed by atoms with Gasteiger partial charge in [0.2, 0.25) is 0 Å². The molecule has 8 heteroatoms. The number of carbonyl (C=O) groups is 3. The number of alkyl carbamates (subject to hydrolysis) is 1. The average Bonchev–Trinajstić information content (AvgIpc) is 2.61. The Balaban J connectivity index is 2.81. The molecule has 0 heterocycles. The first-order valence-corrected chi connectivity index (χ1v) is 7.15. The Bertz CT molecular complexity index is 531. The molecular formula is C16H21NO7. The number of carbonyl (C=O) groups excluding carboxylic acids is 3. The maximum Gasteiger partial charge on any atom is 0.407 e. The largest absolute Gasteiger partial charge is 0.468 e. The van der Waals surface area contributed by atoms with E-state index in [-0.39, 0.29) is 13.2 Å². The minimum Gasteiger partial charge on any atom is -0.468 e. The first-order valence-electron chi connectivity index (χ1n) is 7.15. The van der Waals surface area contributed by atoms with Crippen molar-refractivity contribution >= 4 is 18.0 Å². The second kappa shape index (κ2) is 10.2. The molecule has 1 rings (SSSR count). The third-order valence-corrected chi connectivity index (χ3v) is 3.21. The fourth-order valence-electron chi connectivity index (χ4n) is 1.99. The van der Waals surface area contributed by atoms with Crippen LogP contribution in [-0.4, -0.2) is 52.0 Å². The molecule has 1 atom stereocenters. The van der Waals surface area contributed by atoms with E-state index in [1.165, 1.54) is 7.11 Å². The summed E-state index contributed by atoms with van der Waals surface area (Å²) in [5, 5.41) is 2.40. The van der Waals surface area contributed by atoms with Gasteiger partial charge in [0.1, 0.15) is 0 Å². The average molecular weight is 339 g/mol. The molecule has 8 nitrogen and oxygen atoms in total. The molecule has 24 heavy (non-hydrogen) atoms. The lowest BCUT2D eigenvalue weighted by atomic mass is 10.0. The summed E-state index contributed by atoms with van der Waals surface area (Å²) in [6, 6.07) is 8.31. The van der Waals surface area contributed by atoms with Gasteiger partial charge in [0.25, 0.3) is 0 Å². The van der Waals surface area contributed by atoms with E-state index in [4.69, 9.17) is 4.74 Å². The smallest absolute Gasteiger partial charge is 0.407 e. The monoisotopic (exact) mass is 339 g/mol. The van der Waals surface area contributed by atoms with Gasteiger partial charge in [-0.05, 0) is 5.56 Å². The molecule has 0 spiro atoms. The lowest BCUT2D eigenvalue weighted by Crippen LogP contribution is -2.50. The Kier molecular flexibility index (Phi) is 8.28. The van der Waals surface area contributed by atoms with E-state index in [0.717, 1.165) is 19.8 Å². The van der Waals surface area contributed by atoms with Gasteiger partial charge < -0.3 is 24.3 Å². The number of amides is 1. The molecule has 1 aromatic carbocycles. The minimum absolute atomic E-state index is 0.112. The zero-order valence-corrected chi connectivity index (χ0v) is 13.8. The second-order valence-corrected chi connectivity index (χ2v) is 4.77. The van der Waals surface area contributed by atoms with Crippen LogP contribution < -0.4 is 5.32 Å². The number of rotatable bonds is 8. The summed E-state index contributed by atoms with van der Waals surface area (Å²) < 4.78 is 19.2. The van der Waals surface area contributed by atoms with Crippen LogP contribution in [0.5, 0.6) is 0 Å². The van der Waals surface area contributed by atoms with Gasteiger partial charge in [-0.2, -0.15) is 0 Å². The first-order chi connectivity index (χ1) is 11.5. The van der Waals surface area contributed by atoms with Crippen molar-refractivity contribution in [1.82, 2.24) is 5.32 Å². The molecule has 132 valence electrons. The van der Waals surface area contributed by atoms with Gasteiger partial charge in [0, 0.05) is 0 Å². The highest BCUT2D eigenvalue weighted by Crippen LogP contribution is 2.11. The molecule has 0 saturated heterocycles. The molecule has 0 fully saturated rings. The van der Waals surface area contributed by atoms with Crippen molar-refractivity contribution in [2.75, 3.05) is 27.9 Å². The van der Waals surface area contributed by atoms with Gasteiger partial charge in [-0.1, -0.05) is 30.3 Å². The van der Waals surface area contributed by atoms with Crippen LogP contribution in [0.15, 0.2) is 30.3 Å². The lowest BCUT2D eigenvalue weighted by molar-refractivity contribution is -0.161. The van der Waals surface area contributed by atoms with Gasteiger partial charge in [0.05, 0.1) is 40.6 Å². The van der Waals surface area contributed by atoms with E-state index in [0.29, 0.717) is 0 Å². The van der Waals surface area contributed by atoms with Gasteiger partial charge >= 0.3 is 18.0 Å². The summed E-state index contributed by atoms with van der Waals surface area (Å²) >= 11 is 0. The van der Waals surface area contributed by atoms with E-state index in [1.807, 2.05) is 30.3 Å². The van der Waals surface area contributed by atoms with Crippen LogP contribution in [0, 0.1) is 5.92 Å². The number of benzene rings is 1. The summed E-state index contributed by atoms with van der Waals surface area (Å²) in [4.78, 5) is 35.3. The second-order valence-electron chi connectivity index (χ2n) is 4.77. The van der Waals surface area contributed by atoms with E-state index in [2.05, 4.69) is 19.5 Å².